The summed E-state index contributed by atoms with van der Waals surface area (Å²) in [5.74, 6) is 0. The maximum absolute atomic E-state index is 12.4. The van der Waals surface area contributed by atoms with E-state index in [4.69, 9.17) is 5.53 Å². The van der Waals surface area contributed by atoms with Crippen LogP contribution in [0.4, 0.5) is 5.69 Å². The molecule has 8 heteroatoms. The third-order valence-corrected chi connectivity index (χ3v) is 4.34. The minimum Gasteiger partial charge on any atom is -0.289 e. The average molecular weight is 302 g/mol. The molecule has 0 bridgehead atoms. The predicted molar refractivity (Wildman–Crippen MR) is 81.9 cm³/mol. The molecule has 0 atom stereocenters. The zero-order chi connectivity index (χ0) is 14.8. The van der Waals surface area contributed by atoms with Crippen molar-refractivity contribution in [1.29, 1.82) is 0 Å². The first-order chi connectivity index (χ1) is 10.2. The van der Waals surface area contributed by atoms with Crippen LogP contribution in [0.25, 0.3) is 21.5 Å². The molecule has 7 nitrogen and oxygen atoms in total. The van der Waals surface area contributed by atoms with Gasteiger partial charge in [-0.3, -0.25) is 9.36 Å². The molecule has 2 heterocycles. The first kappa shape index (κ1) is 13.9. The number of thioether (sulfide) groups is 1. The number of aromatic nitrogens is 3. The van der Waals surface area contributed by atoms with Gasteiger partial charge in [0, 0.05) is 28.6 Å². The number of hydrogen-bond donors (Lipinski definition) is 0. The second-order valence-electron chi connectivity index (χ2n) is 4.96. The van der Waals surface area contributed by atoms with Gasteiger partial charge in [-0.25, -0.2) is 9.97 Å². The summed E-state index contributed by atoms with van der Waals surface area (Å²) < 4.78 is 1.74. The van der Waals surface area contributed by atoms with Crippen molar-refractivity contribution in [3.63, 3.8) is 0 Å². The molecule has 1 saturated carbocycles. The van der Waals surface area contributed by atoms with Crippen LogP contribution >= 0.6 is 11.8 Å². The van der Waals surface area contributed by atoms with Gasteiger partial charge in [0.2, 0.25) is 0 Å². The van der Waals surface area contributed by atoms with Crippen LogP contribution in [0, 0.1) is 0 Å². The summed E-state index contributed by atoms with van der Waals surface area (Å²) in [4.78, 5) is 23.9. The Bertz CT molecular complexity index is 789. The Kier molecular flexibility index (Phi) is 3.81. The first-order valence-electron chi connectivity index (χ1n) is 6.76. The van der Waals surface area contributed by atoms with Gasteiger partial charge in [-0.05, 0) is 24.6 Å². The Morgan fingerprint density at radius 2 is 2.24 bits per heavy atom. The van der Waals surface area contributed by atoms with Crippen LogP contribution in [0.15, 0.2) is 27.3 Å². The predicted octanol–water partition coefficient (Wildman–Crippen LogP) is 3.57. The summed E-state index contributed by atoms with van der Waals surface area (Å²) in [6.07, 6.45) is 7.72. The van der Waals surface area contributed by atoms with Gasteiger partial charge < -0.3 is 0 Å². The van der Waals surface area contributed by atoms with Gasteiger partial charge in [-0.1, -0.05) is 29.7 Å². The maximum atomic E-state index is 12.4. The molecule has 0 amide bonds. The minimum atomic E-state index is -0.164. The summed E-state index contributed by atoms with van der Waals surface area (Å²) >= 11 is 1.42. The number of hydrogen-bond acceptors (Lipinski definition) is 5. The minimum absolute atomic E-state index is 0.164. The Labute approximate surface area is 125 Å². The molecule has 0 N–H and O–H groups in total. The van der Waals surface area contributed by atoms with Crippen LogP contribution in [-0.4, -0.2) is 20.8 Å². The number of pyridine rings is 1. The van der Waals surface area contributed by atoms with Gasteiger partial charge in [0.1, 0.15) is 5.65 Å². The van der Waals surface area contributed by atoms with Crippen LogP contribution in [0.5, 0.6) is 0 Å². The Morgan fingerprint density at radius 1 is 1.48 bits per heavy atom. The Hall–Kier alpha value is -2.05. The monoisotopic (exact) mass is 302 g/mol. The number of rotatable bonds is 3. The lowest BCUT2D eigenvalue weighted by molar-refractivity contribution is 0.514. The van der Waals surface area contributed by atoms with E-state index in [0.717, 1.165) is 25.7 Å². The highest BCUT2D eigenvalue weighted by Crippen LogP contribution is 2.32. The second kappa shape index (κ2) is 5.75. The third-order valence-electron chi connectivity index (χ3n) is 3.77. The molecule has 108 valence electrons. The first-order valence-corrected chi connectivity index (χ1v) is 7.98. The van der Waals surface area contributed by atoms with Gasteiger partial charge >= 0.3 is 0 Å². The molecule has 2 aromatic heterocycles. The van der Waals surface area contributed by atoms with Gasteiger partial charge in [0.05, 0.1) is 5.69 Å². The molecule has 1 aliphatic rings. The van der Waals surface area contributed by atoms with Crippen LogP contribution in [0.3, 0.4) is 0 Å². The molecule has 0 radical (unpaired) electrons. The molecule has 2 aromatic rings. The normalized spacial score (nSPS) is 15.3. The average Bonchev–Trinajstić information content (AvgIpc) is 3.01. The van der Waals surface area contributed by atoms with E-state index in [0.29, 0.717) is 21.9 Å². The van der Waals surface area contributed by atoms with E-state index in [1.54, 1.807) is 10.8 Å². The standard InChI is InChI=1S/C13H14N6OS/c1-21-13-15-7-9-10(17-18-14)6-11(20)19(12(9)16-13)8-4-2-3-5-8/h6-8H,2-5H2,1H3. The quantitative estimate of drug-likeness (QED) is 0.284. The molecule has 1 fully saturated rings. The van der Waals surface area contributed by atoms with E-state index in [-0.39, 0.29) is 11.6 Å². The van der Waals surface area contributed by atoms with Crippen molar-refractivity contribution in [1.82, 2.24) is 14.5 Å². The van der Waals surface area contributed by atoms with Crippen molar-refractivity contribution in [3.8, 4) is 0 Å². The largest absolute Gasteiger partial charge is 0.289 e. The van der Waals surface area contributed by atoms with Crippen LogP contribution in [0.1, 0.15) is 31.7 Å². The summed E-state index contributed by atoms with van der Waals surface area (Å²) in [5.41, 5.74) is 9.35. The molecule has 0 unspecified atom stereocenters. The number of fused-ring (bicyclic) bond motifs is 1. The number of azide groups is 1. The lowest BCUT2D eigenvalue weighted by atomic mass is 10.2. The highest BCUT2D eigenvalue weighted by Gasteiger charge is 2.22. The lowest BCUT2D eigenvalue weighted by Crippen LogP contribution is -2.24. The van der Waals surface area contributed by atoms with E-state index in [9.17, 15) is 4.79 Å². The maximum Gasteiger partial charge on any atom is 0.252 e. The van der Waals surface area contributed by atoms with Crippen molar-refractivity contribution < 1.29 is 0 Å². The van der Waals surface area contributed by atoms with Gasteiger partial charge in [0.15, 0.2) is 5.16 Å². The van der Waals surface area contributed by atoms with Crippen molar-refractivity contribution >= 4 is 28.5 Å². The molecule has 0 spiro atoms. The molecule has 0 aliphatic heterocycles. The highest BCUT2D eigenvalue weighted by molar-refractivity contribution is 7.98. The summed E-state index contributed by atoms with van der Waals surface area (Å²) in [5, 5.41) is 4.83. The zero-order valence-electron chi connectivity index (χ0n) is 11.6. The van der Waals surface area contributed by atoms with Crippen LogP contribution in [0.2, 0.25) is 0 Å². The van der Waals surface area contributed by atoms with E-state index in [1.165, 1.54) is 17.8 Å². The van der Waals surface area contributed by atoms with Crippen molar-refractivity contribution in [3.05, 3.63) is 33.1 Å². The fourth-order valence-electron chi connectivity index (χ4n) is 2.83. The van der Waals surface area contributed by atoms with E-state index in [1.807, 2.05) is 6.26 Å². The molecule has 1 aliphatic carbocycles. The van der Waals surface area contributed by atoms with Crippen LogP contribution in [-0.2, 0) is 0 Å². The van der Waals surface area contributed by atoms with Crippen molar-refractivity contribution in [2.75, 3.05) is 6.26 Å². The van der Waals surface area contributed by atoms with E-state index >= 15 is 0 Å². The van der Waals surface area contributed by atoms with Gasteiger partial charge in [-0.15, -0.1) is 0 Å². The summed E-state index contributed by atoms with van der Waals surface area (Å²) in [6.45, 7) is 0. The lowest BCUT2D eigenvalue weighted by Gasteiger charge is -2.16. The fraction of sp³-hybridized carbons (Fsp3) is 0.462. The fourth-order valence-corrected chi connectivity index (χ4v) is 3.17. The zero-order valence-corrected chi connectivity index (χ0v) is 12.4. The molecule has 0 saturated heterocycles. The van der Waals surface area contributed by atoms with E-state index < -0.39 is 0 Å². The SMILES string of the molecule is CSc1ncc2c(N=[N+]=[N-])cc(=O)n(C3CCCC3)c2n1. The third kappa shape index (κ3) is 2.48. The van der Waals surface area contributed by atoms with E-state index in [2.05, 4.69) is 20.0 Å². The molecular formula is C13H14N6OS. The Morgan fingerprint density at radius 3 is 2.90 bits per heavy atom. The van der Waals surface area contributed by atoms with Gasteiger partial charge in [0.25, 0.3) is 5.56 Å². The van der Waals surface area contributed by atoms with Crippen molar-refractivity contribution in [2.45, 2.75) is 36.9 Å². The summed E-state index contributed by atoms with van der Waals surface area (Å²) in [7, 11) is 0. The topological polar surface area (TPSA) is 96.5 Å². The Balaban J connectivity index is 2.34. The second-order valence-corrected chi connectivity index (χ2v) is 5.73. The van der Waals surface area contributed by atoms with Crippen LogP contribution < -0.4 is 5.56 Å². The van der Waals surface area contributed by atoms with Gasteiger partial charge in [-0.2, -0.15) is 0 Å². The molecule has 0 aromatic carbocycles. The molecule has 21 heavy (non-hydrogen) atoms. The molecule has 3 rings (SSSR count). The smallest absolute Gasteiger partial charge is 0.252 e. The number of nitrogens with zero attached hydrogens (tertiary/aromatic N) is 6. The van der Waals surface area contributed by atoms with Crippen molar-refractivity contribution in [2.24, 2.45) is 5.11 Å². The summed E-state index contributed by atoms with van der Waals surface area (Å²) in [6, 6.07) is 1.55. The highest BCUT2D eigenvalue weighted by atomic mass is 32.2. The molecular weight excluding hydrogens is 288 g/mol.